The van der Waals surface area contributed by atoms with Gasteiger partial charge >= 0.3 is 6.18 Å². The number of hydrogen-bond donors (Lipinski definition) is 2. The minimum absolute atomic E-state index is 0.185. The zero-order chi connectivity index (χ0) is 14.9. The highest BCUT2D eigenvalue weighted by Gasteiger charge is 2.31. The van der Waals surface area contributed by atoms with E-state index in [4.69, 9.17) is 17.3 Å². The summed E-state index contributed by atoms with van der Waals surface area (Å²) in [7, 11) is 0. The van der Waals surface area contributed by atoms with E-state index in [0.29, 0.717) is 4.47 Å². The Bertz CT molecular complexity index is 646. The summed E-state index contributed by atoms with van der Waals surface area (Å²) in [5, 5.41) is 2.91. The molecule has 0 spiro atoms. The second kappa shape index (κ2) is 5.49. The van der Waals surface area contributed by atoms with Crippen molar-refractivity contribution in [3.8, 4) is 0 Å². The molecule has 0 saturated heterocycles. The van der Waals surface area contributed by atoms with Gasteiger partial charge < -0.3 is 11.1 Å². The minimum Gasteiger partial charge on any atom is -0.396 e. The number of aromatic nitrogens is 1. The largest absolute Gasteiger partial charge is 0.416 e. The van der Waals surface area contributed by atoms with E-state index in [2.05, 4.69) is 26.2 Å². The van der Waals surface area contributed by atoms with Gasteiger partial charge in [-0.25, -0.2) is 4.98 Å². The average molecular weight is 367 g/mol. The molecule has 0 fully saturated rings. The Kier molecular flexibility index (Phi) is 4.10. The fourth-order valence-corrected chi connectivity index (χ4v) is 1.96. The molecule has 3 nitrogen and oxygen atoms in total. The van der Waals surface area contributed by atoms with E-state index in [-0.39, 0.29) is 22.3 Å². The molecule has 106 valence electrons. The normalized spacial score (nSPS) is 11.4. The van der Waals surface area contributed by atoms with Crippen LogP contribution >= 0.6 is 27.5 Å². The van der Waals surface area contributed by atoms with E-state index >= 15 is 0 Å². The predicted octanol–water partition coefficient (Wildman–Crippen LogP) is 4.84. The van der Waals surface area contributed by atoms with Crippen molar-refractivity contribution in [1.82, 2.24) is 4.98 Å². The lowest BCUT2D eigenvalue weighted by Crippen LogP contribution is -2.06. The highest BCUT2D eigenvalue weighted by atomic mass is 79.9. The molecule has 0 aliphatic carbocycles. The van der Waals surface area contributed by atoms with E-state index in [0.717, 1.165) is 12.1 Å². The molecule has 0 bridgehead atoms. The predicted molar refractivity (Wildman–Crippen MR) is 76.1 cm³/mol. The Morgan fingerprint density at radius 2 is 1.90 bits per heavy atom. The number of nitrogens with two attached hydrogens (primary N) is 1. The van der Waals surface area contributed by atoms with Gasteiger partial charge in [-0.15, -0.1) is 0 Å². The van der Waals surface area contributed by atoms with Gasteiger partial charge in [0.05, 0.1) is 16.9 Å². The van der Waals surface area contributed by atoms with Gasteiger partial charge in [0.15, 0.2) is 5.82 Å². The van der Waals surface area contributed by atoms with Gasteiger partial charge in [-0.2, -0.15) is 13.2 Å². The first-order valence-corrected chi connectivity index (χ1v) is 6.50. The van der Waals surface area contributed by atoms with Crippen molar-refractivity contribution in [2.45, 2.75) is 6.18 Å². The summed E-state index contributed by atoms with van der Waals surface area (Å²) in [5.41, 5.74) is 5.39. The van der Waals surface area contributed by atoms with Crippen LogP contribution in [0.4, 0.5) is 30.4 Å². The van der Waals surface area contributed by atoms with Crippen LogP contribution in [0.25, 0.3) is 0 Å². The molecule has 0 amide bonds. The summed E-state index contributed by atoms with van der Waals surface area (Å²) in [4.78, 5) is 3.93. The molecule has 0 aliphatic rings. The molecular formula is C12H8BrClF3N3. The molecule has 2 aromatic rings. The molecule has 0 radical (unpaired) electrons. The number of halogens is 5. The Hall–Kier alpha value is -1.47. The first-order valence-electron chi connectivity index (χ1n) is 5.33. The summed E-state index contributed by atoms with van der Waals surface area (Å²) in [5.74, 6) is 0.192. The maximum Gasteiger partial charge on any atom is 0.416 e. The van der Waals surface area contributed by atoms with Crippen molar-refractivity contribution >= 4 is 44.7 Å². The molecule has 20 heavy (non-hydrogen) atoms. The molecule has 0 unspecified atom stereocenters. The van der Waals surface area contributed by atoms with Crippen molar-refractivity contribution < 1.29 is 13.2 Å². The standard InChI is InChI=1S/C12H8BrClF3N3/c13-7-2-1-6(12(15,16)17)5-9(7)19-11-8(18)3-4-10(14)20-11/h1-5H,18H2,(H,19,20). The molecule has 0 aliphatic heterocycles. The lowest BCUT2D eigenvalue weighted by atomic mass is 10.2. The van der Waals surface area contributed by atoms with Crippen LogP contribution < -0.4 is 11.1 Å². The van der Waals surface area contributed by atoms with E-state index < -0.39 is 11.7 Å². The highest BCUT2D eigenvalue weighted by molar-refractivity contribution is 9.10. The van der Waals surface area contributed by atoms with Crippen molar-refractivity contribution in [2.24, 2.45) is 0 Å². The van der Waals surface area contributed by atoms with Crippen LogP contribution in [-0.2, 0) is 6.18 Å². The number of nitrogen functional groups attached to an aromatic ring is 1. The second-order valence-electron chi connectivity index (χ2n) is 3.89. The molecule has 2 rings (SSSR count). The topological polar surface area (TPSA) is 50.9 Å². The molecule has 1 aromatic carbocycles. The lowest BCUT2D eigenvalue weighted by Gasteiger charge is -2.13. The highest BCUT2D eigenvalue weighted by Crippen LogP contribution is 2.35. The summed E-state index contributed by atoms with van der Waals surface area (Å²) >= 11 is 8.89. The van der Waals surface area contributed by atoms with Gasteiger partial charge in [-0.1, -0.05) is 11.6 Å². The number of nitrogens with one attached hydrogen (secondary N) is 1. The number of rotatable bonds is 2. The Morgan fingerprint density at radius 3 is 2.55 bits per heavy atom. The van der Waals surface area contributed by atoms with Gasteiger partial charge in [-0.3, -0.25) is 0 Å². The number of anilines is 3. The molecule has 0 saturated carbocycles. The lowest BCUT2D eigenvalue weighted by molar-refractivity contribution is -0.137. The van der Waals surface area contributed by atoms with E-state index in [1.807, 2.05) is 0 Å². The van der Waals surface area contributed by atoms with Crippen LogP contribution in [0, 0.1) is 0 Å². The van der Waals surface area contributed by atoms with Crippen molar-refractivity contribution in [3.63, 3.8) is 0 Å². The van der Waals surface area contributed by atoms with Crippen molar-refractivity contribution in [2.75, 3.05) is 11.1 Å². The Balaban J connectivity index is 2.40. The summed E-state index contributed by atoms with van der Waals surface area (Å²) in [6.07, 6.45) is -4.43. The SMILES string of the molecule is Nc1ccc(Cl)nc1Nc1cc(C(F)(F)F)ccc1Br. The second-order valence-corrected chi connectivity index (χ2v) is 5.13. The zero-order valence-corrected chi connectivity index (χ0v) is 12.1. The summed E-state index contributed by atoms with van der Waals surface area (Å²) in [6.45, 7) is 0. The smallest absolute Gasteiger partial charge is 0.396 e. The first-order chi connectivity index (χ1) is 9.27. The number of benzene rings is 1. The van der Waals surface area contributed by atoms with Crippen LogP contribution in [0.1, 0.15) is 5.56 Å². The minimum atomic E-state index is -4.43. The maximum absolute atomic E-state index is 12.7. The number of hydrogen-bond acceptors (Lipinski definition) is 3. The van der Waals surface area contributed by atoms with Gasteiger partial charge in [0, 0.05) is 4.47 Å². The molecule has 1 heterocycles. The number of nitrogens with zero attached hydrogens (tertiary/aromatic N) is 1. The van der Waals surface area contributed by atoms with Crippen LogP contribution in [0.2, 0.25) is 5.15 Å². The monoisotopic (exact) mass is 365 g/mol. The Morgan fingerprint density at radius 1 is 1.20 bits per heavy atom. The fourth-order valence-electron chi connectivity index (χ4n) is 1.47. The summed E-state index contributed by atoms with van der Waals surface area (Å²) in [6, 6.07) is 6.24. The van der Waals surface area contributed by atoms with E-state index in [1.54, 1.807) is 0 Å². The van der Waals surface area contributed by atoms with E-state index in [9.17, 15) is 13.2 Å². The van der Waals surface area contributed by atoms with Gasteiger partial charge in [0.2, 0.25) is 0 Å². The third kappa shape index (κ3) is 3.34. The third-order valence-corrected chi connectivity index (χ3v) is 3.34. The van der Waals surface area contributed by atoms with Crippen LogP contribution in [-0.4, -0.2) is 4.98 Å². The molecule has 3 N–H and O–H groups in total. The molecular weight excluding hydrogens is 359 g/mol. The van der Waals surface area contributed by atoms with Crippen molar-refractivity contribution in [3.05, 3.63) is 45.5 Å². The molecule has 0 atom stereocenters. The van der Waals surface area contributed by atoms with Crippen LogP contribution in [0.3, 0.4) is 0 Å². The van der Waals surface area contributed by atoms with Crippen LogP contribution in [0.5, 0.6) is 0 Å². The third-order valence-electron chi connectivity index (χ3n) is 2.44. The first kappa shape index (κ1) is 14.9. The fraction of sp³-hybridized carbons (Fsp3) is 0.0833. The van der Waals surface area contributed by atoms with Crippen LogP contribution in [0.15, 0.2) is 34.8 Å². The van der Waals surface area contributed by atoms with Gasteiger partial charge in [-0.05, 0) is 46.3 Å². The van der Waals surface area contributed by atoms with E-state index in [1.165, 1.54) is 18.2 Å². The number of alkyl halides is 3. The quantitative estimate of drug-likeness (QED) is 0.748. The summed E-state index contributed by atoms with van der Waals surface area (Å²) < 4.78 is 38.5. The molecule has 8 heteroatoms. The van der Waals surface area contributed by atoms with Gasteiger partial charge in [0.25, 0.3) is 0 Å². The Labute approximate surface area is 126 Å². The van der Waals surface area contributed by atoms with Crippen molar-refractivity contribution in [1.29, 1.82) is 0 Å². The maximum atomic E-state index is 12.7. The molecule has 1 aromatic heterocycles. The number of pyridine rings is 1. The van der Waals surface area contributed by atoms with Gasteiger partial charge in [0.1, 0.15) is 5.15 Å². The zero-order valence-electron chi connectivity index (χ0n) is 9.80. The average Bonchev–Trinajstić information content (AvgIpc) is 2.35.